The number of esters is 2. The van der Waals surface area contributed by atoms with Crippen LogP contribution in [0.15, 0.2) is 35.4 Å². The Balaban J connectivity index is 2.34. The summed E-state index contributed by atoms with van der Waals surface area (Å²) < 4.78 is 15.4. The van der Waals surface area contributed by atoms with Crippen molar-refractivity contribution in [2.45, 2.75) is 38.2 Å². The Labute approximate surface area is 165 Å². The van der Waals surface area contributed by atoms with Crippen molar-refractivity contribution < 1.29 is 28.9 Å². The van der Waals surface area contributed by atoms with Crippen LogP contribution in [0.2, 0.25) is 0 Å². The molecule has 0 amide bonds. The number of aliphatic hydroxyl groups excluding tert-OH is 1. The predicted octanol–water partition coefficient (Wildman–Crippen LogP) is 1.76. The summed E-state index contributed by atoms with van der Waals surface area (Å²) in [5.74, 6) is -0.524. The summed E-state index contributed by atoms with van der Waals surface area (Å²) in [6, 6.07) is 7.28. The summed E-state index contributed by atoms with van der Waals surface area (Å²) in [5, 5.41) is 9.78. The van der Waals surface area contributed by atoms with Crippen molar-refractivity contribution in [3.63, 3.8) is 0 Å². The van der Waals surface area contributed by atoms with Crippen molar-refractivity contribution in [3.8, 4) is 5.75 Å². The van der Waals surface area contributed by atoms with Crippen LogP contribution in [0.4, 0.5) is 0 Å². The highest BCUT2D eigenvalue weighted by molar-refractivity contribution is 6.01. The Morgan fingerprint density at radius 3 is 2.18 bits per heavy atom. The molecule has 1 aromatic rings. The second-order valence-electron chi connectivity index (χ2n) is 6.84. The lowest BCUT2D eigenvalue weighted by Gasteiger charge is -2.28. The van der Waals surface area contributed by atoms with E-state index in [0.29, 0.717) is 55.7 Å². The number of hydrogen-bond donors (Lipinski definition) is 2. The molecule has 1 saturated carbocycles. The highest BCUT2D eigenvalue weighted by atomic mass is 16.5. The van der Waals surface area contributed by atoms with E-state index in [2.05, 4.69) is 0 Å². The normalized spacial score (nSPS) is 20.1. The molecule has 28 heavy (non-hydrogen) atoms. The molecular weight excluding hydrogens is 362 g/mol. The average Bonchev–Trinajstić information content (AvgIpc) is 2.73. The van der Waals surface area contributed by atoms with E-state index in [1.54, 1.807) is 12.1 Å². The number of aliphatic hydroxyl groups is 1. The van der Waals surface area contributed by atoms with Gasteiger partial charge in [-0.3, -0.25) is 0 Å². The van der Waals surface area contributed by atoms with Gasteiger partial charge in [0.25, 0.3) is 0 Å². The fourth-order valence-corrected chi connectivity index (χ4v) is 3.50. The number of ether oxygens (including phenoxy) is 3. The van der Waals surface area contributed by atoms with Crippen molar-refractivity contribution in [1.82, 2.24) is 0 Å². The van der Waals surface area contributed by atoms with Crippen LogP contribution in [0.5, 0.6) is 5.75 Å². The van der Waals surface area contributed by atoms with Crippen molar-refractivity contribution >= 4 is 11.9 Å². The minimum Gasteiger partial charge on any atom is -0.492 e. The van der Waals surface area contributed by atoms with Crippen molar-refractivity contribution in [1.29, 1.82) is 0 Å². The monoisotopic (exact) mass is 391 g/mol. The fraction of sp³-hybridized carbons (Fsp3) is 0.524. The molecule has 0 heterocycles. The molecule has 7 nitrogen and oxygen atoms in total. The van der Waals surface area contributed by atoms with Crippen LogP contribution in [0.1, 0.15) is 31.2 Å². The van der Waals surface area contributed by atoms with E-state index in [1.165, 1.54) is 14.2 Å². The van der Waals surface area contributed by atoms with Gasteiger partial charge < -0.3 is 25.1 Å². The van der Waals surface area contributed by atoms with Gasteiger partial charge in [0.05, 0.1) is 31.5 Å². The summed E-state index contributed by atoms with van der Waals surface area (Å²) >= 11 is 0. The molecule has 7 heteroatoms. The third-order valence-electron chi connectivity index (χ3n) is 4.96. The molecule has 3 N–H and O–H groups in total. The van der Waals surface area contributed by atoms with Gasteiger partial charge in [0.15, 0.2) is 0 Å². The maximum Gasteiger partial charge on any atom is 0.334 e. The Kier molecular flexibility index (Phi) is 8.47. The number of carbonyl (C=O) groups excluding carboxylic acids is 2. The largest absolute Gasteiger partial charge is 0.492 e. The molecule has 0 aliphatic heterocycles. The first-order chi connectivity index (χ1) is 13.5. The van der Waals surface area contributed by atoms with Gasteiger partial charge in [-0.25, -0.2) is 9.59 Å². The number of hydrogen-bond acceptors (Lipinski definition) is 7. The van der Waals surface area contributed by atoms with E-state index in [9.17, 15) is 14.7 Å². The molecule has 0 spiro atoms. The number of benzene rings is 1. The molecule has 0 bridgehead atoms. The summed E-state index contributed by atoms with van der Waals surface area (Å²) in [6.45, 7) is 0.849. The second kappa shape index (κ2) is 10.8. The van der Waals surface area contributed by atoms with Crippen LogP contribution in [0.3, 0.4) is 0 Å². The number of nitrogens with two attached hydrogens (primary N) is 1. The predicted molar refractivity (Wildman–Crippen MR) is 104 cm³/mol. The number of rotatable bonds is 8. The lowest BCUT2D eigenvalue weighted by atomic mass is 9.79. The van der Waals surface area contributed by atoms with E-state index >= 15 is 0 Å². The van der Waals surface area contributed by atoms with Gasteiger partial charge in [0.1, 0.15) is 12.4 Å². The van der Waals surface area contributed by atoms with E-state index in [0.717, 1.165) is 5.56 Å². The molecule has 0 saturated heterocycles. The molecule has 1 aromatic carbocycles. The lowest BCUT2D eigenvalue weighted by molar-refractivity contribution is -0.140. The first-order valence-corrected chi connectivity index (χ1v) is 9.49. The van der Waals surface area contributed by atoms with Crippen LogP contribution in [0.25, 0.3) is 0 Å². The van der Waals surface area contributed by atoms with Crippen LogP contribution >= 0.6 is 0 Å². The molecular formula is C21H29NO6. The molecule has 1 fully saturated rings. The molecule has 2 rings (SSSR count). The molecule has 0 unspecified atom stereocenters. The Morgan fingerprint density at radius 1 is 1.04 bits per heavy atom. The van der Waals surface area contributed by atoms with Gasteiger partial charge in [-0.05, 0) is 49.3 Å². The summed E-state index contributed by atoms with van der Waals surface area (Å²) in [7, 11) is 2.60. The molecule has 1 aliphatic rings. The standard InChI is InChI=1S/C21H29NO6/c1-26-20(24)18(13-14-3-9-17(10-4-14)28-12-11-22)19(21(25)27-2)15-5-7-16(23)8-6-15/h3-4,9-10,15-16,23H,5-8,11-13,22H2,1-2H3. The highest BCUT2D eigenvalue weighted by Crippen LogP contribution is 2.33. The number of methoxy groups -OCH3 is 2. The zero-order valence-corrected chi connectivity index (χ0v) is 16.5. The van der Waals surface area contributed by atoms with E-state index in [4.69, 9.17) is 19.9 Å². The summed E-state index contributed by atoms with van der Waals surface area (Å²) in [5.41, 5.74) is 6.93. The zero-order chi connectivity index (χ0) is 20.5. The minimum atomic E-state index is -0.546. The van der Waals surface area contributed by atoms with E-state index in [1.807, 2.05) is 12.1 Å². The zero-order valence-electron chi connectivity index (χ0n) is 16.5. The maximum absolute atomic E-state index is 12.5. The third-order valence-corrected chi connectivity index (χ3v) is 4.96. The van der Waals surface area contributed by atoms with Gasteiger partial charge in [0.2, 0.25) is 0 Å². The maximum atomic E-state index is 12.5. The minimum absolute atomic E-state index is 0.142. The smallest absolute Gasteiger partial charge is 0.334 e. The third kappa shape index (κ3) is 5.81. The molecule has 154 valence electrons. The lowest BCUT2D eigenvalue weighted by Crippen LogP contribution is -2.27. The van der Waals surface area contributed by atoms with Crippen LogP contribution in [-0.4, -0.2) is 50.5 Å². The Bertz CT molecular complexity index is 689. The quantitative estimate of drug-likeness (QED) is 0.513. The first-order valence-electron chi connectivity index (χ1n) is 9.49. The molecule has 0 aromatic heterocycles. The number of carbonyl (C=O) groups is 2. The fourth-order valence-electron chi connectivity index (χ4n) is 3.50. The van der Waals surface area contributed by atoms with Crippen LogP contribution in [-0.2, 0) is 25.5 Å². The van der Waals surface area contributed by atoms with Crippen molar-refractivity contribution in [3.05, 3.63) is 41.0 Å². The Hall–Kier alpha value is -2.38. The topological polar surface area (TPSA) is 108 Å². The van der Waals surface area contributed by atoms with Gasteiger partial charge in [0, 0.05) is 13.0 Å². The summed E-state index contributed by atoms with van der Waals surface area (Å²) in [6.07, 6.45) is 2.31. The molecule has 1 aliphatic carbocycles. The molecule has 0 radical (unpaired) electrons. The van der Waals surface area contributed by atoms with Gasteiger partial charge in [-0.15, -0.1) is 0 Å². The van der Waals surface area contributed by atoms with Gasteiger partial charge >= 0.3 is 11.9 Å². The second-order valence-corrected chi connectivity index (χ2v) is 6.84. The van der Waals surface area contributed by atoms with Crippen LogP contribution < -0.4 is 10.5 Å². The molecule has 0 atom stereocenters. The van der Waals surface area contributed by atoms with E-state index in [-0.39, 0.29) is 18.4 Å². The van der Waals surface area contributed by atoms with E-state index < -0.39 is 11.9 Å². The van der Waals surface area contributed by atoms with Gasteiger partial charge in [-0.1, -0.05) is 12.1 Å². The van der Waals surface area contributed by atoms with Gasteiger partial charge in [-0.2, -0.15) is 0 Å². The first kappa shape index (κ1) is 21.9. The Morgan fingerprint density at radius 2 is 1.64 bits per heavy atom. The highest BCUT2D eigenvalue weighted by Gasteiger charge is 2.32. The summed E-state index contributed by atoms with van der Waals surface area (Å²) in [4.78, 5) is 25.1. The van der Waals surface area contributed by atoms with Crippen LogP contribution in [0, 0.1) is 5.92 Å². The van der Waals surface area contributed by atoms with Crippen molar-refractivity contribution in [2.24, 2.45) is 11.7 Å². The SMILES string of the molecule is COC(=O)C(Cc1ccc(OCCN)cc1)=C(C(=O)OC)C1CCC(O)CC1. The van der Waals surface area contributed by atoms with Crippen molar-refractivity contribution in [2.75, 3.05) is 27.4 Å². The average molecular weight is 391 g/mol.